The Labute approximate surface area is 208 Å². The summed E-state index contributed by atoms with van der Waals surface area (Å²) in [4.78, 5) is 40.8. The Balaban J connectivity index is 1.42. The number of benzene rings is 3. The molecule has 2 atom stereocenters. The minimum absolute atomic E-state index is 0.229. The van der Waals surface area contributed by atoms with Crippen LogP contribution in [0.4, 0.5) is 0 Å². The molecule has 2 unspecified atom stereocenters. The third-order valence-electron chi connectivity index (χ3n) is 6.67. The quantitative estimate of drug-likeness (QED) is 0.426. The van der Waals surface area contributed by atoms with E-state index in [1.165, 1.54) is 0 Å². The van der Waals surface area contributed by atoms with Gasteiger partial charge >= 0.3 is 0 Å². The first-order valence-electron chi connectivity index (χ1n) is 11.6. The van der Waals surface area contributed by atoms with E-state index in [1.807, 2.05) is 60.3 Å². The van der Waals surface area contributed by atoms with Gasteiger partial charge in [-0.2, -0.15) is 0 Å². The van der Waals surface area contributed by atoms with Gasteiger partial charge in [0, 0.05) is 40.8 Å². The number of hydrogen-bond donors (Lipinski definition) is 2. The number of para-hydroxylation sites is 1. The van der Waals surface area contributed by atoms with Crippen molar-refractivity contribution in [1.29, 1.82) is 0 Å². The van der Waals surface area contributed by atoms with Crippen LogP contribution >= 0.6 is 0 Å². The van der Waals surface area contributed by atoms with Crippen molar-refractivity contribution in [2.24, 2.45) is 7.05 Å². The van der Waals surface area contributed by atoms with E-state index in [2.05, 4.69) is 10.9 Å². The van der Waals surface area contributed by atoms with Crippen LogP contribution in [0.5, 0.6) is 5.75 Å². The second kappa shape index (κ2) is 9.22. The summed E-state index contributed by atoms with van der Waals surface area (Å²) in [5.74, 6) is -0.577. The molecule has 8 heteroatoms. The van der Waals surface area contributed by atoms with E-state index in [9.17, 15) is 14.4 Å². The van der Waals surface area contributed by atoms with Gasteiger partial charge in [-0.05, 0) is 48.9 Å². The lowest BCUT2D eigenvalue weighted by Gasteiger charge is -2.30. The van der Waals surface area contributed by atoms with Crippen LogP contribution in [0.3, 0.4) is 0 Å². The first-order chi connectivity index (χ1) is 17.4. The number of nitrogens with zero attached hydrogens (tertiary/aromatic N) is 2. The normalized spacial score (nSPS) is 15.5. The second-order valence-corrected chi connectivity index (χ2v) is 8.76. The highest BCUT2D eigenvalue weighted by Crippen LogP contribution is 2.42. The maximum atomic E-state index is 13.5. The van der Waals surface area contributed by atoms with Crippen LogP contribution in [0, 0.1) is 0 Å². The number of nitrogens with one attached hydrogen (secondary N) is 2. The third-order valence-corrected chi connectivity index (χ3v) is 6.67. The zero-order valence-electron chi connectivity index (χ0n) is 20.2. The monoisotopic (exact) mass is 482 g/mol. The SMILES string of the molecule is COc1ccc(C(=O)NNC(=O)C(C)N2C(=O)c3ccccc3C2c2cn(C)c3ccccc23)cc1. The maximum absolute atomic E-state index is 13.5. The predicted octanol–water partition coefficient (Wildman–Crippen LogP) is 3.58. The summed E-state index contributed by atoms with van der Waals surface area (Å²) < 4.78 is 7.13. The van der Waals surface area contributed by atoms with Crippen molar-refractivity contribution in [3.05, 3.63) is 101 Å². The fourth-order valence-corrected chi connectivity index (χ4v) is 4.81. The van der Waals surface area contributed by atoms with E-state index in [-0.39, 0.29) is 5.91 Å². The number of hydrazine groups is 1. The number of aryl methyl sites for hydroxylation is 1. The Bertz CT molecular complexity index is 1470. The fourth-order valence-electron chi connectivity index (χ4n) is 4.81. The van der Waals surface area contributed by atoms with Gasteiger partial charge in [-0.3, -0.25) is 25.2 Å². The summed E-state index contributed by atoms with van der Waals surface area (Å²) in [6.45, 7) is 1.66. The molecule has 0 radical (unpaired) electrons. The van der Waals surface area contributed by atoms with Gasteiger partial charge < -0.3 is 14.2 Å². The summed E-state index contributed by atoms with van der Waals surface area (Å²) in [5, 5.41) is 1.01. The van der Waals surface area contributed by atoms with E-state index >= 15 is 0 Å². The van der Waals surface area contributed by atoms with Crippen LogP contribution in [-0.4, -0.2) is 40.3 Å². The van der Waals surface area contributed by atoms with E-state index in [1.54, 1.807) is 49.3 Å². The average Bonchev–Trinajstić information content (AvgIpc) is 3.40. The van der Waals surface area contributed by atoms with Crippen LogP contribution in [0.1, 0.15) is 44.8 Å². The van der Waals surface area contributed by atoms with E-state index in [0.717, 1.165) is 22.0 Å². The van der Waals surface area contributed by atoms with Crippen molar-refractivity contribution >= 4 is 28.6 Å². The first kappa shape index (κ1) is 23.2. The second-order valence-electron chi connectivity index (χ2n) is 8.76. The highest BCUT2D eigenvalue weighted by Gasteiger charge is 2.43. The standard InChI is InChI=1S/C28H26N4O4/c1-17(26(33)29-30-27(34)18-12-14-19(36-3)15-13-18)32-25(21-9-4-5-10-22(21)28(32)35)23-16-31(2)24-11-7-6-8-20(23)24/h4-17,25H,1-3H3,(H,29,33)(H,30,34). The van der Waals surface area contributed by atoms with Crippen LogP contribution in [0.2, 0.25) is 0 Å². The lowest BCUT2D eigenvalue weighted by molar-refractivity contribution is -0.126. The molecule has 1 aliphatic heterocycles. The number of amides is 3. The topological polar surface area (TPSA) is 92.7 Å². The Morgan fingerprint density at radius 1 is 0.917 bits per heavy atom. The minimum atomic E-state index is -0.856. The lowest BCUT2D eigenvalue weighted by Crippen LogP contribution is -2.52. The molecule has 3 amide bonds. The van der Waals surface area contributed by atoms with Crippen molar-refractivity contribution in [2.45, 2.75) is 19.0 Å². The van der Waals surface area contributed by atoms with E-state index in [4.69, 9.17) is 4.74 Å². The number of rotatable bonds is 5. The molecule has 3 aromatic carbocycles. The summed E-state index contributed by atoms with van der Waals surface area (Å²) in [6.07, 6.45) is 2.01. The molecule has 4 aromatic rings. The molecule has 5 rings (SSSR count). The summed E-state index contributed by atoms with van der Waals surface area (Å²) >= 11 is 0. The predicted molar refractivity (Wildman–Crippen MR) is 135 cm³/mol. The molecule has 8 nitrogen and oxygen atoms in total. The maximum Gasteiger partial charge on any atom is 0.269 e. The molecule has 2 heterocycles. The van der Waals surface area contributed by atoms with Crippen molar-refractivity contribution in [3.63, 3.8) is 0 Å². The molecular formula is C28H26N4O4. The largest absolute Gasteiger partial charge is 0.497 e. The molecule has 1 aromatic heterocycles. The first-order valence-corrected chi connectivity index (χ1v) is 11.6. The van der Waals surface area contributed by atoms with Gasteiger partial charge in [0.2, 0.25) is 0 Å². The molecule has 0 aliphatic carbocycles. The highest BCUT2D eigenvalue weighted by atomic mass is 16.5. The average molecular weight is 483 g/mol. The molecule has 0 fully saturated rings. The number of aromatic nitrogens is 1. The van der Waals surface area contributed by atoms with E-state index in [0.29, 0.717) is 16.9 Å². The van der Waals surface area contributed by atoms with Gasteiger partial charge in [-0.25, -0.2) is 0 Å². The molecule has 0 saturated heterocycles. The van der Waals surface area contributed by atoms with Gasteiger partial charge in [-0.1, -0.05) is 36.4 Å². The minimum Gasteiger partial charge on any atom is -0.497 e. The summed E-state index contributed by atoms with van der Waals surface area (Å²) in [6, 6.07) is 20.6. The number of carbonyl (C=O) groups excluding carboxylic acids is 3. The Morgan fingerprint density at radius 3 is 2.36 bits per heavy atom. The van der Waals surface area contributed by atoms with Gasteiger partial charge in [-0.15, -0.1) is 0 Å². The Kier molecular flexibility index (Phi) is 5.93. The van der Waals surface area contributed by atoms with E-state index < -0.39 is 23.9 Å². The Morgan fingerprint density at radius 2 is 1.61 bits per heavy atom. The molecule has 0 bridgehead atoms. The Hall–Kier alpha value is -4.59. The highest BCUT2D eigenvalue weighted by molar-refractivity contribution is 6.03. The molecule has 0 saturated carbocycles. The number of hydrogen-bond acceptors (Lipinski definition) is 4. The van der Waals surface area contributed by atoms with Gasteiger partial charge in [0.05, 0.1) is 13.2 Å². The van der Waals surface area contributed by atoms with Crippen LogP contribution in [-0.2, 0) is 11.8 Å². The molecule has 1 aliphatic rings. The van der Waals surface area contributed by atoms with Crippen molar-refractivity contribution in [2.75, 3.05) is 7.11 Å². The van der Waals surface area contributed by atoms with Crippen LogP contribution < -0.4 is 15.6 Å². The number of ether oxygens (including phenoxy) is 1. The van der Waals surface area contributed by atoms with Crippen LogP contribution in [0.15, 0.2) is 79.0 Å². The lowest BCUT2D eigenvalue weighted by atomic mass is 9.97. The molecule has 2 N–H and O–H groups in total. The molecule has 0 spiro atoms. The zero-order valence-corrected chi connectivity index (χ0v) is 20.2. The summed E-state index contributed by atoms with van der Waals surface area (Å²) in [5.41, 5.74) is 8.67. The fraction of sp³-hybridized carbons (Fsp3) is 0.179. The van der Waals surface area contributed by atoms with Gasteiger partial charge in [0.1, 0.15) is 11.8 Å². The third kappa shape index (κ3) is 3.86. The number of carbonyl (C=O) groups is 3. The van der Waals surface area contributed by atoms with Gasteiger partial charge in [0.15, 0.2) is 0 Å². The van der Waals surface area contributed by atoms with Crippen LogP contribution in [0.25, 0.3) is 10.9 Å². The number of fused-ring (bicyclic) bond motifs is 2. The molecular weight excluding hydrogens is 456 g/mol. The number of methoxy groups -OCH3 is 1. The smallest absolute Gasteiger partial charge is 0.269 e. The molecule has 182 valence electrons. The zero-order chi connectivity index (χ0) is 25.4. The van der Waals surface area contributed by atoms with Crippen molar-refractivity contribution in [1.82, 2.24) is 20.3 Å². The van der Waals surface area contributed by atoms with Crippen molar-refractivity contribution in [3.8, 4) is 5.75 Å². The van der Waals surface area contributed by atoms with Crippen molar-refractivity contribution < 1.29 is 19.1 Å². The molecule has 36 heavy (non-hydrogen) atoms. The summed E-state index contributed by atoms with van der Waals surface area (Å²) in [7, 11) is 3.50. The van der Waals surface area contributed by atoms with Gasteiger partial charge in [0.25, 0.3) is 17.7 Å².